The SMILES string of the molecule is COCCNC/C=C/C[Si](C)(C)C. The highest BCUT2D eigenvalue weighted by molar-refractivity contribution is 6.76. The van der Waals surface area contributed by atoms with Gasteiger partial charge < -0.3 is 10.1 Å². The van der Waals surface area contributed by atoms with Crippen LogP contribution in [0.4, 0.5) is 0 Å². The molecule has 0 aliphatic rings. The lowest BCUT2D eigenvalue weighted by Crippen LogP contribution is -2.20. The van der Waals surface area contributed by atoms with E-state index in [4.69, 9.17) is 4.74 Å². The molecular formula is C10H23NOSi. The van der Waals surface area contributed by atoms with Gasteiger partial charge in [0.1, 0.15) is 0 Å². The molecular weight excluding hydrogens is 178 g/mol. The molecule has 0 rings (SSSR count). The van der Waals surface area contributed by atoms with E-state index >= 15 is 0 Å². The van der Waals surface area contributed by atoms with Crippen molar-refractivity contribution in [3.8, 4) is 0 Å². The molecule has 0 bridgehead atoms. The molecule has 0 aromatic carbocycles. The highest BCUT2D eigenvalue weighted by Gasteiger charge is 2.08. The summed E-state index contributed by atoms with van der Waals surface area (Å²) in [6, 6.07) is 1.28. The second kappa shape index (κ2) is 7.30. The van der Waals surface area contributed by atoms with Gasteiger partial charge in [-0.1, -0.05) is 31.8 Å². The fraction of sp³-hybridized carbons (Fsp3) is 0.800. The normalized spacial score (nSPS) is 12.6. The standard InChI is InChI=1S/C10H23NOSi/c1-12-9-8-11-7-5-6-10-13(2,3)4/h5-6,11H,7-10H2,1-4H3/b6-5+. The van der Waals surface area contributed by atoms with Crippen LogP contribution in [0, 0.1) is 0 Å². The first-order valence-corrected chi connectivity index (χ1v) is 8.61. The Morgan fingerprint density at radius 2 is 1.92 bits per heavy atom. The number of hydrogen-bond donors (Lipinski definition) is 1. The second-order valence-corrected chi connectivity index (χ2v) is 9.96. The summed E-state index contributed by atoms with van der Waals surface area (Å²) in [5.74, 6) is 0. The summed E-state index contributed by atoms with van der Waals surface area (Å²) >= 11 is 0. The molecule has 2 nitrogen and oxygen atoms in total. The van der Waals surface area contributed by atoms with Crippen molar-refractivity contribution < 1.29 is 4.74 Å². The van der Waals surface area contributed by atoms with Gasteiger partial charge in [-0.2, -0.15) is 0 Å². The quantitative estimate of drug-likeness (QED) is 0.387. The van der Waals surface area contributed by atoms with E-state index in [2.05, 4.69) is 37.1 Å². The summed E-state index contributed by atoms with van der Waals surface area (Å²) in [7, 11) is 0.853. The maximum atomic E-state index is 4.92. The van der Waals surface area contributed by atoms with Crippen LogP contribution >= 0.6 is 0 Å². The Kier molecular flexibility index (Phi) is 7.23. The summed E-state index contributed by atoms with van der Waals surface area (Å²) in [6.07, 6.45) is 4.51. The third kappa shape index (κ3) is 11.9. The number of methoxy groups -OCH3 is 1. The van der Waals surface area contributed by atoms with Gasteiger partial charge in [-0.15, -0.1) is 0 Å². The average Bonchev–Trinajstić information content (AvgIpc) is 2.01. The van der Waals surface area contributed by atoms with E-state index in [0.29, 0.717) is 0 Å². The second-order valence-electron chi connectivity index (χ2n) is 4.43. The van der Waals surface area contributed by atoms with E-state index in [1.165, 1.54) is 6.04 Å². The van der Waals surface area contributed by atoms with Gasteiger partial charge in [-0.05, 0) is 6.04 Å². The minimum absolute atomic E-state index is 0.794. The van der Waals surface area contributed by atoms with Crippen LogP contribution in [0.3, 0.4) is 0 Å². The predicted molar refractivity (Wildman–Crippen MR) is 62.0 cm³/mol. The summed E-state index contributed by atoms with van der Waals surface area (Å²) in [5.41, 5.74) is 0. The number of ether oxygens (including phenoxy) is 1. The van der Waals surface area contributed by atoms with Crippen molar-refractivity contribution in [3.63, 3.8) is 0 Å². The number of hydrogen-bond acceptors (Lipinski definition) is 2. The maximum absolute atomic E-state index is 4.92. The molecule has 3 heteroatoms. The van der Waals surface area contributed by atoms with E-state index in [1.54, 1.807) is 7.11 Å². The van der Waals surface area contributed by atoms with Crippen molar-refractivity contribution in [2.75, 3.05) is 26.8 Å². The van der Waals surface area contributed by atoms with E-state index < -0.39 is 8.07 Å². The summed E-state index contributed by atoms with van der Waals surface area (Å²) in [6.45, 7) is 9.85. The van der Waals surface area contributed by atoms with Gasteiger partial charge in [0, 0.05) is 28.3 Å². The summed E-state index contributed by atoms with van der Waals surface area (Å²) in [5, 5.41) is 3.28. The Hall–Kier alpha value is -0.123. The molecule has 0 saturated carbocycles. The molecule has 0 aliphatic heterocycles. The molecule has 0 amide bonds. The van der Waals surface area contributed by atoms with Crippen molar-refractivity contribution in [1.29, 1.82) is 0 Å². The number of allylic oxidation sites excluding steroid dienone is 1. The molecule has 0 aliphatic carbocycles. The van der Waals surface area contributed by atoms with Gasteiger partial charge in [0.15, 0.2) is 0 Å². The largest absolute Gasteiger partial charge is 0.383 e. The highest BCUT2D eigenvalue weighted by atomic mass is 28.3. The van der Waals surface area contributed by atoms with Gasteiger partial charge in [0.2, 0.25) is 0 Å². The predicted octanol–water partition coefficient (Wildman–Crippen LogP) is 2.12. The molecule has 0 atom stereocenters. The lowest BCUT2D eigenvalue weighted by atomic mass is 10.5. The molecule has 13 heavy (non-hydrogen) atoms. The number of rotatable bonds is 7. The Balaban J connectivity index is 3.22. The molecule has 0 aromatic rings. The van der Waals surface area contributed by atoms with Crippen molar-refractivity contribution in [1.82, 2.24) is 5.32 Å². The Labute approximate surface area is 83.4 Å². The lowest BCUT2D eigenvalue weighted by molar-refractivity contribution is 0.200. The zero-order valence-electron chi connectivity index (χ0n) is 9.39. The molecule has 0 spiro atoms. The van der Waals surface area contributed by atoms with Crippen LogP contribution in [0.1, 0.15) is 0 Å². The molecule has 0 unspecified atom stereocenters. The van der Waals surface area contributed by atoms with Gasteiger partial charge >= 0.3 is 0 Å². The van der Waals surface area contributed by atoms with Crippen molar-refractivity contribution in [3.05, 3.63) is 12.2 Å². The molecule has 0 radical (unpaired) electrons. The fourth-order valence-electron chi connectivity index (χ4n) is 0.880. The monoisotopic (exact) mass is 201 g/mol. The third-order valence-corrected chi connectivity index (χ3v) is 3.10. The van der Waals surface area contributed by atoms with Crippen LogP contribution in [0.5, 0.6) is 0 Å². The topological polar surface area (TPSA) is 21.3 Å². The van der Waals surface area contributed by atoms with Crippen LogP contribution in [0.25, 0.3) is 0 Å². The molecule has 1 N–H and O–H groups in total. The minimum Gasteiger partial charge on any atom is -0.383 e. The Morgan fingerprint density at radius 3 is 2.46 bits per heavy atom. The highest BCUT2D eigenvalue weighted by Crippen LogP contribution is 2.07. The Morgan fingerprint density at radius 1 is 1.23 bits per heavy atom. The van der Waals surface area contributed by atoms with Crippen molar-refractivity contribution >= 4 is 8.07 Å². The minimum atomic E-state index is -0.872. The van der Waals surface area contributed by atoms with Crippen LogP contribution in [-0.4, -0.2) is 34.9 Å². The van der Waals surface area contributed by atoms with Gasteiger partial charge in [-0.3, -0.25) is 0 Å². The van der Waals surface area contributed by atoms with E-state index in [0.717, 1.165) is 19.7 Å². The maximum Gasteiger partial charge on any atom is 0.0587 e. The first-order chi connectivity index (χ1) is 6.06. The Bertz CT molecular complexity index is 140. The molecule has 78 valence electrons. The molecule has 0 heterocycles. The van der Waals surface area contributed by atoms with Crippen molar-refractivity contribution in [2.24, 2.45) is 0 Å². The zero-order valence-corrected chi connectivity index (χ0v) is 10.4. The van der Waals surface area contributed by atoms with Gasteiger partial charge in [-0.25, -0.2) is 0 Å². The number of nitrogens with one attached hydrogen (secondary N) is 1. The molecule has 0 saturated heterocycles. The van der Waals surface area contributed by atoms with E-state index in [9.17, 15) is 0 Å². The summed E-state index contributed by atoms with van der Waals surface area (Å²) < 4.78 is 4.92. The van der Waals surface area contributed by atoms with Crippen LogP contribution in [-0.2, 0) is 4.74 Å². The lowest BCUT2D eigenvalue weighted by Gasteiger charge is -2.11. The third-order valence-electron chi connectivity index (χ3n) is 1.64. The van der Waals surface area contributed by atoms with Gasteiger partial charge in [0.05, 0.1) is 6.61 Å². The van der Waals surface area contributed by atoms with E-state index in [-0.39, 0.29) is 0 Å². The van der Waals surface area contributed by atoms with Gasteiger partial charge in [0.25, 0.3) is 0 Å². The molecule has 0 aromatic heterocycles. The fourth-order valence-corrected chi connectivity index (χ4v) is 1.75. The first kappa shape index (κ1) is 12.9. The smallest absolute Gasteiger partial charge is 0.0587 e. The summed E-state index contributed by atoms with van der Waals surface area (Å²) in [4.78, 5) is 0. The van der Waals surface area contributed by atoms with Crippen molar-refractivity contribution in [2.45, 2.75) is 25.7 Å². The zero-order chi connectivity index (χ0) is 10.2. The average molecular weight is 201 g/mol. The van der Waals surface area contributed by atoms with E-state index in [1.807, 2.05) is 0 Å². The van der Waals surface area contributed by atoms with Crippen LogP contribution in [0.15, 0.2) is 12.2 Å². The first-order valence-electron chi connectivity index (χ1n) is 4.91. The van der Waals surface area contributed by atoms with Crippen LogP contribution < -0.4 is 5.32 Å². The van der Waals surface area contributed by atoms with Crippen LogP contribution in [0.2, 0.25) is 25.7 Å². The molecule has 0 fully saturated rings.